The second-order valence-corrected chi connectivity index (χ2v) is 16.5. The molecular weight excluding hydrogens is 737 g/mol. The lowest BCUT2D eigenvalue weighted by atomic mass is 9.90. The van der Waals surface area contributed by atoms with Gasteiger partial charge in [-0.15, -0.1) is 0 Å². The third kappa shape index (κ3) is 9.42. The van der Waals surface area contributed by atoms with Gasteiger partial charge in [0, 0.05) is 56.9 Å². The number of nitrogens with one attached hydrogen (secondary N) is 1. The Bertz CT molecular complexity index is 2130. The molecule has 10 heteroatoms. The molecule has 304 valence electrons. The molecule has 4 aromatic carbocycles. The van der Waals surface area contributed by atoms with E-state index in [4.69, 9.17) is 23.7 Å². The molecule has 0 amide bonds. The molecule has 4 aromatic rings. The van der Waals surface area contributed by atoms with Gasteiger partial charge in [-0.05, 0) is 138 Å². The number of likely N-dealkylation sites (N-methyl/N-ethyl adjacent to an activating group) is 1. The number of hydrogen-bond donors (Lipinski definition) is 1. The third-order valence-corrected chi connectivity index (χ3v) is 12.0. The van der Waals surface area contributed by atoms with E-state index < -0.39 is 0 Å². The first-order valence-corrected chi connectivity index (χ1v) is 20.9. The molecule has 0 radical (unpaired) electrons. The van der Waals surface area contributed by atoms with Crippen LogP contribution in [0.1, 0.15) is 41.5 Å². The second kappa shape index (κ2) is 17.6. The molecule has 2 atom stereocenters. The first-order chi connectivity index (χ1) is 28.4. The molecule has 0 spiro atoms. The minimum Gasteiger partial charge on any atom is -0.493 e. The number of morpholine rings is 1. The normalized spacial score (nSPS) is 20.3. The first-order valence-electron chi connectivity index (χ1n) is 20.9. The van der Waals surface area contributed by atoms with Crippen molar-refractivity contribution in [1.82, 2.24) is 15.1 Å². The Morgan fingerprint density at radius 3 is 1.93 bits per heavy atom. The summed E-state index contributed by atoms with van der Waals surface area (Å²) in [5, 5.41) is 3.66. The Hall–Kier alpha value is -4.74. The topological polar surface area (TPSA) is 64.7 Å². The Labute approximate surface area is 340 Å². The highest BCUT2D eigenvalue weighted by atomic mass is 19.1. The number of hydrogen-bond acceptors (Lipinski definition) is 8. The highest BCUT2D eigenvalue weighted by Gasteiger charge is 2.38. The Morgan fingerprint density at radius 1 is 0.724 bits per heavy atom. The van der Waals surface area contributed by atoms with Crippen molar-refractivity contribution in [2.24, 2.45) is 17.8 Å². The summed E-state index contributed by atoms with van der Waals surface area (Å²) in [7, 11) is 2.19. The zero-order valence-corrected chi connectivity index (χ0v) is 33.3. The fraction of sp³-hybridized carbons (Fsp3) is 0.417. The number of fused-ring (bicyclic) bond motifs is 2. The first kappa shape index (κ1) is 38.8. The smallest absolute Gasteiger partial charge is 0.127 e. The quantitative estimate of drug-likeness (QED) is 0.109. The summed E-state index contributed by atoms with van der Waals surface area (Å²) in [5.74, 6) is 4.58. The zero-order valence-electron chi connectivity index (χ0n) is 33.3. The number of benzene rings is 4. The fourth-order valence-electron chi connectivity index (χ4n) is 8.38. The Kier molecular flexibility index (Phi) is 11.8. The summed E-state index contributed by atoms with van der Waals surface area (Å²) in [4.78, 5) is 4.79. The number of ether oxygens (including phenoxy) is 5. The maximum Gasteiger partial charge on any atom is 0.127 e. The maximum atomic E-state index is 14.0. The second-order valence-electron chi connectivity index (χ2n) is 16.5. The molecule has 2 saturated carbocycles. The summed E-state index contributed by atoms with van der Waals surface area (Å²) >= 11 is 0. The van der Waals surface area contributed by atoms with Crippen molar-refractivity contribution in [2.75, 3.05) is 92.5 Å². The van der Waals surface area contributed by atoms with Crippen LogP contribution in [-0.2, 0) is 4.74 Å². The highest BCUT2D eigenvalue weighted by molar-refractivity contribution is 5.88. The molecule has 1 saturated heterocycles. The lowest BCUT2D eigenvalue weighted by molar-refractivity contribution is 0.0413. The Morgan fingerprint density at radius 2 is 1.31 bits per heavy atom. The van der Waals surface area contributed by atoms with E-state index >= 15 is 0 Å². The van der Waals surface area contributed by atoms with Crippen molar-refractivity contribution in [3.63, 3.8) is 0 Å². The van der Waals surface area contributed by atoms with Crippen molar-refractivity contribution in [3.05, 3.63) is 130 Å². The molecule has 58 heavy (non-hydrogen) atoms. The zero-order chi connectivity index (χ0) is 39.4. The van der Waals surface area contributed by atoms with Crippen LogP contribution >= 0.6 is 0 Å². The van der Waals surface area contributed by atoms with Gasteiger partial charge in [0.05, 0.1) is 26.4 Å². The van der Waals surface area contributed by atoms with E-state index in [9.17, 15) is 8.78 Å². The molecule has 5 aliphatic rings. The molecule has 8 nitrogen and oxygen atoms in total. The minimum absolute atomic E-state index is 0.247. The van der Waals surface area contributed by atoms with Crippen molar-refractivity contribution >= 4 is 11.1 Å². The van der Waals surface area contributed by atoms with Gasteiger partial charge in [-0.1, -0.05) is 24.3 Å². The minimum atomic E-state index is -0.248. The summed E-state index contributed by atoms with van der Waals surface area (Å²) in [5.41, 5.74) is 8.45. The van der Waals surface area contributed by atoms with Crippen LogP contribution in [0.3, 0.4) is 0 Å². The third-order valence-electron chi connectivity index (χ3n) is 12.0. The van der Waals surface area contributed by atoms with E-state index in [1.165, 1.54) is 42.7 Å². The lowest BCUT2D eigenvalue weighted by Gasteiger charge is -2.31. The predicted octanol–water partition coefficient (Wildman–Crippen LogP) is 7.71. The molecule has 3 aliphatic heterocycles. The van der Waals surface area contributed by atoms with Gasteiger partial charge in [-0.2, -0.15) is 0 Å². The molecule has 1 N–H and O–H groups in total. The largest absolute Gasteiger partial charge is 0.493 e. The molecule has 2 aliphatic carbocycles. The van der Waals surface area contributed by atoms with Crippen LogP contribution in [0, 0.1) is 29.4 Å². The highest BCUT2D eigenvalue weighted by Crippen LogP contribution is 2.43. The fourth-order valence-corrected chi connectivity index (χ4v) is 8.38. The van der Waals surface area contributed by atoms with Crippen LogP contribution in [0.4, 0.5) is 8.78 Å². The van der Waals surface area contributed by atoms with Crippen LogP contribution in [0.25, 0.3) is 11.1 Å². The van der Waals surface area contributed by atoms with Crippen LogP contribution in [-0.4, -0.2) is 102 Å². The molecular formula is C48H53F2N3O5. The van der Waals surface area contributed by atoms with Crippen molar-refractivity contribution < 1.29 is 32.5 Å². The van der Waals surface area contributed by atoms with Gasteiger partial charge < -0.3 is 33.9 Å². The summed E-state index contributed by atoms with van der Waals surface area (Å²) in [6.45, 7) is 9.81. The summed E-state index contributed by atoms with van der Waals surface area (Å²) in [6, 6.07) is 25.7. The Balaban J connectivity index is 0.788. The van der Waals surface area contributed by atoms with Gasteiger partial charge in [0.15, 0.2) is 0 Å². The van der Waals surface area contributed by atoms with Gasteiger partial charge in [0.1, 0.15) is 47.8 Å². The average Bonchev–Trinajstić information content (AvgIpc) is 4.19. The van der Waals surface area contributed by atoms with E-state index in [2.05, 4.69) is 34.3 Å². The van der Waals surface area contributed by atoms with E-state index in [0.29, 0.717) is 44.1 Å². The molecule has 0 bridgehead atoms. The predicted molar refractivity (Wildman–Crippen MR) is 222 cm³/mol. The van der Waals surface area contributed by atoms with Crippen molar-refractivity contribution in [1.29, 1.82) is 0 Å². The van der Waals surface area contributed by atoms with Crippen LogP contribution in [0.5, 0.6) is 23.0 Å². The van der Waals surface area contributed by atoms with Gasteiger partial charge in [0.25, 0.3) is 0 Å². The van der Waals surface area contributed by atoms with Crippen LogP contribution < -0.4 is 24.3 Å². The number of nitrogens with zero attached hydrogens (tertiary/aromatic N) is 2. The van der Waals surface area contributed by atoms with E-state index in [0.717, 1.165) is 127 Å². The summed E-state index contributed by atoms with van der Waals surface area (Å²) < 4.78 is 58.6. The lowest BCUT2D eigenvalue weighted by Crippen LogP contribution is -2.38. The van der Waals surface area contributed by atoms with Gasteiger partial charge in [-0.3, -0.25) is 4.90 Å². The molecule has 0 aromatic heterocycles. The molecule has 9 rings (SSSR count). The van der Waals surface area contributed by atoms with E-state index in [1.807, 2.05) is 48.5 Å². The van der Waals surface area contributed by atoms with Gasteiger partial charge in [-0.25, -0.2) is 8.78 Å². The average molecular weight is 790 g/mol. The number of halogens is 2. The van der Waals surface area contributed by atoms with E-state index in [1.54, 1.807) is 0 Å². The summed E-state index contributed by atoms with van der Waals surface area (Å²) in [6.07, 6.45) is 3.62. The van der Waals surface area contributed by atoms with Crippen molar-refractivity contribution in [3.8, 4) is 23.0 Å². The van der Waals surface area contributed by atoms with Gasteiger partial charge in [0.2, 0.25) is 0 Å². The SMILES string of the molecule is CN(CCNCC1=C(c2ccc(F)cc2)c2cc(OCC3CC3)ccc2OC1)CC1CC1COc1ccc2c(c1)C(c1ccc(F)cc1)=C(CN1CCOCC1)CO2. The molecule has 2 unspecified atom stereocenters. The van der Waals surface area contributed by atoms with Crippen LogP contribution in [0.15, 0.2) is 96.1 Å². The number of rotatable bonds is 17. The van der Waals surface area contributed by atoms with Crippen molar-refractivity contribution in [2.45, 2.75) is 19.3 Å². The standard InChI is InChI=1S/C48H53F2N3O5/c1-52(17-16-51-25-37-30-57-45-14-12-41(55-28-32-2-3-32)23-43(45)47(37)33-4-8-39(49)9-5-33)26-35-22-36(35)29-56-42-13-15-46-44(24-42)48(34-6-10-40(50)11-7-34)38(31-58-46)27-53-18-20-54-21-19-53/h4-15,23-24,32,35-36,51H,2-3,16-22,25-31H2,1H3. The maximum absolute atomic E-state index is 14.0. The van der Waals surface area contributed by atoms with Crippen LogP contribution in [0.2, 0.25) is 0 Å². The monoisotopic (exact) mass is 789 g/mol. The molecule has 3 fully saturated rings. The van der Waals surface area contributed by atoms with Gasteiger partial charge >= 0.3 is 0 Å². The van der Waals surface area contributed by atoms with E-state index in [-0.39, 0.29) is 11.6 Å². The molecule has 3 heterocycles.